The van der Waals surface area contributed by atoms with Gasteiger partial charge in [0.05, 0.1) is 16.7 Å². The van der Waals surface area contributed by atoms with E-state index < -0.39 is 0 Å². The van der Waals surface area contributed by atoms with Crippen LogP contribution in [-0.2, 0) is 0 Å². The molecule has 1 aliphatic rings. The van der Waals surface area contributed by atoms with Crippen molar-refractivity contribution < 1.29 is 0 Å². The van der Waals surface area contributed by atoms with Crippen LogP contribution >= 0.6 is 12.2 Å². The van der Waals surface area contributed by atoms with E-state index in [0.717, 1.165) is 4.99 Å². The Labute approximate surface area is 73.7 Å². The maximum absolute atomic E-state index is 5.19. The SMILES string of the molecule is CC(C)C1NC(C)(C)NC1=S. The molecule has 1 saturated heterocycles. The summed E-state index contributed by atoms with van der Waals surface area (Å²) in [6, 6.07) is 0.347. The minimum atomic E-state index is -0.0218. The number of rotatable bonds is 1. The maximum Gasteiger partial charge on any atom is 0.0943 e. The lowest BCUT2D eigenvalue weighted by atomic mass is 10.1. The first-order chi connectivity index (χ1) is 4.92. The molecule has 0 radical (unpaired) electrons. The van der Waals surface area contributed by atoms with Crippen molar-refractivity contribution in [2.24, 2.45) is 5.92 Å². The van der Waals surface area contributed by atoms with E-state index in [2.05, 4.69) is 38.3 Å². The highest BCUT2D eigenvalue weighted by Gasteiger charge is 2.34. The Morgan fingerprint density at radius 2 is 2.00 bits per heavy atom. The third-order valence-electron chi connectivity index (χ3n) is 1.90. The van der Waals surface area contributed by atoms with Gasteiger partial charge in [0, 0.05) is 0 Å². The van der Waals surface area contributed by atoms with Gasteiger partial charge in [0.15, 0.2) is 0 Å². The van der Waals surface area contributed by atoms with Crippen LogP contribution in [0.15, 0.2) is 0 Å². The average Bonchev–Trinajstić information content (AvgIpc) is 2.05. The summed E-state index contributed by atoms with van der Waals surface area (Å²) in [7, 11) is 0. The summed E-state index contributed by atoms with van der Waals surface area (Å²) >= 11 is 5.19. The van der Waals surface area contributed by atoms with E-state index in [1.807, 2.05) is 0 Å². The van der Waals surface area contributed by atoms with Gasteiger partial charge in [-0.05, 0) is 19.8 Å². The summed E-state index contributed by atoms with van der Waals surface area (Å²) in [5, 5.41) is 6.67. The molecular formula is C8H16N2S. The minimum Gasteiger partial charge on any atom is -0.361 e. The third kappa shape index (κ3) is 1.91. The predicted octanol–water partition coefficient (Wildman–Crippen LogP) is 1.27. The normalized spacial score (nSPS) is 29.2. The largest absolute Gasteiger partial charge is 0.361 e. The van der Waals surface area contributed by atoms with Crippen LogP contribution in [0.3, 0.4) is 0 Å². The van der Waals surface area contributed by atoms with Gasteiger partial charge in [-0.3, -0.25) is 5.32 Å². The molecule has 0 aromatic carbocycles. The molecule has 3 heteroatoms. The van der Waals surface area contributed by atoms with Gasteiger partial charge in [0.25, 0.3) is 0 Å². The molecule has 0 spiro atoms. The molecule has 11 heavy (non-hydrogen) atoms. The van der Waals surface area contributed by atoms with Gasteiger partial charge < -0.3 is 5.32 Å². The van der Waals surface area contributed by atoms with Crippen LogP contribution in [0.4, 0.5) is 0 Å². The van der Waals surface area contributed by atoms with Crippen molar-refractivity contribution in [1.82, 2.24) is 10.6 Å². The fourth-order valence-corrected chi connectivity index (χ4v) is 1.93. The smallest absolute Gasteiger partial charge is 0.0943 e. The molecule has 0 aromatic heterocycles. The van der Waals surface area contributed by atoms with E-state index in [1.165, 1.54) is 0 Å². The second-order valence-electron chi connectivity index (χ2n) is 3.98. The van der Waals surface area contributed by atoms with Crippen molar-refractivity contribution in [1.29, 1.82) is 0 Å². The summed E-state index contributed by atoms with van der Waals surface area (Å²) in [6.07, 6.45) is 0. The van der Waals surface area contributed by atoms with E-state index in [1.54, 1.807) is 0 Å². The average molecular weight is 172 g/mol. The van der Waals surface area contributed by atoms with Crippen LogP contribution in [-0.4, -0.2) is 16.7 Å². The van der Waals surface area contributed by atoms with Crippen molar-refractivity contribution in [2.75, 3.05) is 0 Å². The molecular weight excluding hydrogens is 156 g/mol. The molecule has 0 saturated carbocycles. The summed E-state index contributed by atoms with van der Waals surface area (Å²) < 4.78 is 0. The Hall–Kier alpha value is -0.150. The van der Waals surface area contributed by atoms with E-state index in [-0.39, 0.29) is 5.66 Å². The number of hydrogen-bond donors (Lipinski definition) is 2. The van der Waals surface area contributed by atoms with Gasteiger partial charge >= 0.3 is 0 Å². The molecule has 1 unspecified atom stereocenters. The number of nitrogens with one attached hydrogen (secondary N) is 2. The quantitative estimate of drug-likeness (QED) is 0.582. The molecule has 0 aliphatic carbocycles. The van der Waals surface area contributed by atoms with Gasteiger partial charge in [-0.15, -0.1) is 0 Å². The molecule has 0 bridgehead atoms. The van der Waals surface area contributed by atoms with Crippen LogP contribution in [0, 0.1) is 5.92 Å². The minimum absolute atomic E-state index is 0.0218. The highest BCUT2D eigenvalue weighted by atomic mass is 32.1. The first kappa shape index (κ1) is 8.94. The standard InChI is InChI=1S/C8H16N2S/c1-5(2)6-7(11)10-8(3,4)9-6/h5-6,9H,1-4H3,(H,10,11). The second-order valence-corrected chi connectivity index (χ2v) is 4.42. The van der Waals surface area contributed by atoms with Gasteiger partial charge in [0.1, 0.15) is 0 Å². The zero-order valence-corrected chi connectivity index (χ0v) is 8.38. The third-order valence-corrected chi connectivity index (χ3v) is 2.26. The first-order valence-electron chi connectivity index (χ1n) is 4.02. The Morgan fingerprint density at radius 1 is 1.45 bits per heavy atom. The molecule has 1 atom stereocenters. The lowest BCUT2D eigenvalue weighted by Gasteiger charge is -2.20. The lowest BCUT2D eigenvalue weighted by molar-refractivity contribution is 0.365. The van der Waals surface area contributed by atoms with E-state index in [0.29, 0.717) is 12.0 Å². The second kappa shape index (κ2) is 2.72. The van der Waals surface area contributed by atoms with Crippen molar-refractivity contribution in [2.45, 2.75) is 39.4 Å². The highest BCUT2D eigenvalue weighted by Crippen LogP contribution is 2.15. The van der Waals surface area contributed by atoms with Crippen molar-refractivity contribution in [3.05, 3.63) is 0 Å². The molecule has 2 nitrogen and oxygen atoms in total. The number of thiocarbonyl (C=S) groups is 1. The zero-order valence-electron chi connectivity index (χ0n) is 7.56. The predicted molar refractivity (Wildman–Crippen MR) is 51.6 cm³/mol. The first-order valence-corrected chi connectivity index (χ1v) is 4.43. The summed E-state index contributed by atoms with van der Waals surface area (Å²) in [6.45, 7) is 8.55. The molecule has 2 N–H and O–H groups in total. The van der Waals surface area contributed by atoms with Crippen molar-refractivity contribution in [3.8, 4) is 0 Å². The van der Waals surface area contributed by atoms with Crippen LogP contribution in [0.5, 0.6) is 0 Å². The Balaban J connectivity index is 2.67. The van der Waals surface area contributed by atoms with E-state index >= 15 is 0 Å². The zero-order chi connectivity index (χ0) is 8.65. The van der Waals surface area contributed by atoms with Crippen molar-refractivity contribution >= 4 is 17.2 Å². The van der Waals surface area contributed by atoms with Gasteiger partial charge in [-0.1, -0.05) is 26.1 Å². The fourth-order valence-electron chi connectivity index (χ4n) is 1.35. The molecule has 64 valence electrons. The van der Waals surface area contributed by atoms with Gasteiger partial charge in [0.2, 0.25) is 0 Å². The highest BCUT2D eigenvalue weighted by molar-refractivity contribution is 7.80. The molecule has 1 aliphatic heterocycles. The molecule has 1 rings (SSSR count). The van der Waals surface area contributed by atoms with E-state index in [4.69, 9.17) is 12.2 Å². The molecule has 1 fully saturated rings. The van der Waals surface area contributed by atoms with Crippen LogP contribution in [0.1, 0.15) is 27.7 Å². The summed E-state index contributed by atoms with van der Waals surface area (Å²) in [5.74, 6) is 0.566. The van der Waals surface area contributed by atoms with Crippen LogP contribution in [0.2, 0.25) is 0 Å². The lowest BCUT2D eigenvalue weighted by Crippen LogP contribution is -2.44. The summed E-state index contributed by atoms with van der Waals surface area (Å²) in [4.78, 5) is 0.949. The molecule has 0 aromatic rings. The summed E-state index contributed by atoms with van der Waals surface area (Å²) in [5.41, 5.74) is -0.0218. The molecule has 0 amide bonds. The topological polar surface area (TPSA) is 24.1 Å². The van der Waals surface area contributed by atoms with Gasteiger partial charge in [-0.2, -0.15) is 0 Å². The van der Waals surface area contributed by atoms with E-state index in [9.17, 15) is 0 Å². The Bertz CT molecular complexity index is 175. The van der Waals surface area contributed by atoms with Crippen LogP contribution < -0.4 is 10.6 Å². The monoisotopic (exact) mass is 172 g/mol. The Morgan fingerprint density at radius 3 is 2.18 bits per heavy atom. The van der Waals surface area contributed by atoms with Gasteiger partial charge in [-0.25, -0.2) is 0 Å². The molecule has 1 heterocycles. The van der Waals surface area contributed by atoms with Crippen molar-refractivity contribution in [3.63, 3.8) is 0 Å². The maximum atomic E-state index is 5.19. The fraction of sp³-hybridized carbons (Fsp3) is 0.875. The number of hydrogen-bond acceptors (Lipinski definition) is 2. The van der Waals surface area contributed by atoms with Crippen LogP contribution in [0.25, 0.3) is 0 Å². The Kier molecular flexibility index (Phi) is 2.21.